The van der Waals surface area contributed by atoms with Crippen molar-refractivity contribution in [3.8, 4) is 0 Å². The van der Waals surface area contributed by atoms with Gasteiger partial charge in [0, 0.05) is 6.07 Å². The number of nitrogens with one attached hydrogen (secondary N) is 1. The third kappa shape index (κ3) is 3.00. The molecule has 24 heavy (non-hydrogen) atoms. The van der Waals surface area contributed by atoms with E-state index >= 15 is 0 Å². The molecule has 2 heterocycles. The second-order valence-corrected chi connectivity index (χ2v) is 4.84. The maximum Gasteiger partial charge on any atom is 0.326 e. The standard InChI is InChI=1S/C15H11N3O6/c19-12(16-11-5-6-24-17-11)8-23-13(20)7-18-14(21)9-3-1-2-4-10(9)15(18)22/h1-6H,7-8H2,(H,16,17,19). The smallest absolute Gasteiger partial charge is 0.326 e. The first kappa shape index (κ1) is 15.4. The lowest BCUT2D eigenvalue weighted by Crippen LogP contribution is -2.36. The van der Waals surface area contributed by atoms with Crippen LogP contribution in [0.4, 0.5) is 5.82 Å². The number of hydrogen-bond acceptors (Lipinski definition) is 7. The third-order valence-corrected chi connectivity index (χ3v) is 3.23. The lowest BCUT2D eigenvalue weighted by Gasteiger charge is -2.12. The first-order chi connectivity index (χ1) is 11.6. The first-order valence-corrected chi connectivity index (χ1v) is 6.87. The number of aromatic nitrogens is 1. The topological polar surface area (TPSA) is 119 Å². The van der Waals surface area contributed by atoms with Crippen LogP contribution in [0.2, 0.25) is 0 Å². The zero-order valence-electron chi connectivity index (χ0n) is 12.2. The van der Waals surface area contributed by atoms with Crippen LogP contribution in [0.3, 0.4) is 0 Å². The molecule has 1 N–H and O–H groups in total. The molecule has 0 saturated heterocycles. The van der Waals surface area contributed by atoms with E-state index in [2.05, 4.69) is 15.0 Å². The van der Waals surface area contributed by atoms with Crippen molar-refractivity contribution in [2.75, 3.05) is 18.5 Å². The zero-order valence-corrected chi connectivity index (χ0v) is 12.2. The lowest BCUT2D eigenvalue weighted by atomic mass is 10.1. The molecule has 0 radical (unpaired) electrons. The maximum atomic E-state index is 12.1. The number of esters is 1. The average molecular weight is 329 g/mol. The Morgan fingerprint density at radius 3 is 2.38 bits per heavy atom. The summed E-state index contributed by atoms with van der Waals surface area (Å²) in [5, 5.41) is 5.80. The van der Waals surface area contributed by atoms with Gasteiger partial charge in [-0.15, -0.1) is 0 Å². The molecule has 0 unspecified atom stereocenters. The van der Waals surface area contributed by atoms with Crippen LogP contribution >= 0.6 is 0 Å². The number of benzene rings is 1. The van der Waals surface area contributed by atoms with Crippen molar-refractivity contribution < 1.29 is 28.4 Å². The van der Waals surface area contributed by atoms with Crippen LogP contribution in [0.5, 0.6) is 0 Å². The van der Waals surface area contributed by atoms with Gasteiger partial charge in [-0.05, 0) is 12.1 Å². The largest absolute Gasteiger partial charge is 0.454 e. The normalized spacial score (nSPS) is 12.9. The number of imide groups is 1. The van der Waals surface area contributed by atoms with Gasteiger partial charge in [0.25, 0.3) is 17.7 Å². The molecule has 2 aromatic rings. The summed E-state index contributed by atoms with van der Waals surface area (Å²) in [4.78, 5) is 48.3. The van der Waals surface area contributed by atoms with Gasteiger partial charge >= 0.3 is 5.97 Å². The molecule has 1 aliphatic rings. The van der Waals surface area contributed by atoms with E-state index in [4.69, 9.17) is 4.74 Å². The van der Waals surface area contributed by atoms with E-state index in [1.54, 1.807) is 12.1 Å². The Bertz CT molecular complexity index is 779. The van der Waals surface area contributed by atoms with Crippen LogP contribution in [0.15, 0.2) is 41.1 Å². The van der Waals surface area contributed by atoms with Gasteiger partial charge < -0.3 is 14.6 Å². The van der Waals surface area contributed by atoms with Crippen LogP contribution in [0.1, 0.15) is 20.7 Å². The molecule has 9 nitrogen and oxygen atoms in total. The van der Waals surface area contributed by atoms with Crippen molar-refractivity contribution in [2.24, 2.45) is 0 Å². The summed E-state index contributed by atoms with van der Waals surface area (Å²) in [7, 11) is 0. The number of hydrogen-bond donors (Lipinski definition) is 1. The molecule has 0 bridgehead atoms. The molecule has 0 saturated carbocycles. The Morgan fingerprint density at radius 1 is 1.12 bits per heavy atom. The summed E-state index contributed by atoms with van der Waals surface area (Å²) in [5.74, 6) is -2.46. The maximum absolute atomic E-state index is 12.1. The fraction of sp³-hybridized carbons (Fsp3) is 0.133. The number of carbonyl (C=O) groups excluding carboxylic acids is 4. The van der Waals surface area contributed by atoms with Crippen LogP contribution in [-0.4, -0.2) is 46.9 Å². The van der Waals surface area contributed by atoms with E-state index < -0.39 is 36.8 Å². The highest BCUT2D eigenvalue weighted by Crippen LogP contribution is 2.22. The predicted octanol–water partition coefficient (Wildman–Crippen LogP) is 0.452. The van der Waals surface area contributed by atoms with Crippen molar-refractivity contribution in [1.82, 2.24) is 10.1 Å². The van der Waals surface area contributed by atoms with Crippen LogP contribution < -0.4 is 5.32 Å². The van der Waals surface area contributed by atoms with Crippen molar-refractivity contribution in [3.63, 3.8) is 0 Å². The number of anilines is 1. The number of amides is 3. The van der Waals surface area contributed by atoms with E-state index in [1.807, 2.05) is 0 Å². The highest BCUT2D eigenvalue weighted by atomic mass is 16.5. The Hall–Kier alpha value is -3.49. The van der Waals surface area contributed by atoms with Gasteiger partial charge in [0.1, 0.15) is 12.8 Å². The van der Waals surface area contributed by atoms with E-state index in [0.29, 0.717) is 0 Å². The van der Waals surface area contributed by atoms with Gasteiger partial charge in [0.2, 0.25) is 0 Å². The molecule has 0 atom stereocenters. The summed E-state index contributed by atoms with van der Waals surface area (Å²) >= 11 is 0. The molecule has 0 aliphatic carbocycles. The summed E-state index contributed by atoms with van der Waals surface area (Å²) in [6.45, 7) is -1.14. The SMILES string of the molecule is O=C(COC(=O)CN1C(=O)c2ccccc2C1=O)Nc1ccon1. The fourth-order valence-electron chi connectivity index (χ4n) is 2.16. The van der Waals surface area contributed by atoms with E-state index in [-0.39, 0.29) is 16.9 Å². The van der Waals surface area contributed by atoms with Crippen LogP contribution in [0.25, 0.3) is 0 Å². The second-order valence-electron chi connectivity index (χ2n) is 4.84. The molecule has 0 fully saturated rings. The summed E-state index contributed by atoms with van der Waals surface area (Å²) in [5.41, 5.74) is 0.471. The van der Waals surface area contributed by atoms with E-state index in [0.717, 1.165) is 4.90 Å². The Balaban J connectivity index is 1.53. The zero-order chi connectivity index (χ0) is 17.1. The highest BCUT2D eigenvalue weighted by Gasteiger charge is 2.36. The minimum Gasteiger partial charge on any atom is -0.454 e. The quantitative estimate of drug-likeness (QED) is 0.625. The van der Waals surface area contributed by atoms with Crippen molar-refractivity contribution in [3.05, 3.63) is 47.7 Å². The molecule has 1 aromatic carbocycles. The molecule has 1 aromatic heterocycles. The van der Waals surface area contributed by atoms with Crippen LogP contribution in [-0.2, 0) is 14.3 Å². The molecule has 122 valence electrons. The average Bonchev–Trinajstić information content (AvgIpc) is 3.16. The van der Waals surface area contributed by atoms with Crippen molar-refractivity contribution in [2.45, 2.75) is 0 Å². The summed E-state index contributed by atoms with van der Waals surface area (Å²) < 4.78 is 9.28. The summed E-state index contributed by atoms with van der Waals surface area (Å²) in [6, 6.07) is 7.68. The molecular formula is C15H11N3O6. The lowest BCUT2D eigenvalue weighted by molar-refractivity contribution is -0.147. The van der Waals surface area contributed by atoms with E-state index in [1.165, 1.54) is 24.5 Å². The molecule has 3 rings (SSSR count). The number of fused-ring (bicyclic) bond motifs is 1. The van der Waals surface area contributed by atoms with Gasteiger partial charge in [0.05, 0.1) is 11.1 Å². The number of rotatable bonds is 5. The minimum absolute atomic E-state index is 0.177. The predicted molar refractivity (Wildman–Crippen MR) is 77.9 cm³/mol. The van der Waals surface area contributed by atoms with Crippen molar-refractivity contribution >= 4 is 29.5 Å². The molecular weight excluding hydrogens is 318 g/mol. The number of ether oxygens (including phenoxy) is 1. The van der Waals surface area contributed by atoms with Gasteiger partial charge in [-0.1, -0.05) is 17.3 Å². The Kier molecular flexibility index (Phi) is 4.06. The monoisotopic (exact) mass is 329 g/mol. The molecule has 1 aliphatic heterocycles. The molecule has 9 heteroatoms. The van der Waals surface area contributed by atoms with Gasteiger partial charge in [-0.2, -0.15) is 0 Å². The number of nitrogens with zero attached hydrogens (tertiary/aromatic N) is 2. The van der Waals surface area contributed by atoms with Gasteiger partial charge in [-0.25, -0.2) is 0 Å². The summed E-state index contributed by atoms with van der Waals surface area (Å²) in [6.07, 6.45) is 1.27. The number of carbonyl (C=O) groups is 4. The third-order valence-electron chi connectivity index (χ3n) is 3.23. The second kappa shape index (κ2) is 6.32. The Labute approximate surface area is 135 Å². The van der Waals surface area contributed by atoms with Gasteiger partial charge in [-0.3, -0.25) is 24.1 Å². The van der Waals surface area contributed by atoms with E-state index in [9.17, 15) is 19.2 Å². The molecule has 0 spiro atoms. The highest BCUT2D eigenvalue weighted by molar-refractivity contribution is 6.22. The fourth-order valence-corrected chi connectivity index (χ4v) is 2.16. The molecule has 3 amide bonds. The van der Waals surface area contributed by atoms with Crippen molar-refractivity contribution in [1.29, 1.82) is 0 Å². The van der Waals surface area contributed by atoms with Gasteiger partial charge in [0.15, 0.2) is 12.4 Å². The minimum atomic E-state index is -0.875. The first-order valence-electron chi connectivity index (χ1n) is 6.87. The van der Waals surface area contributed by atoms with Crippen LogP contribution in [0, 0.1) is 0 Å². The Morgan fingerprint density at radius 2 is 1.79 bits per heavy atom.